The predicted octanol–water partition coefficient (Wildman–Crippen LogP) is 3.75. The van der Waals surface area contributed by atoms with Crippen LogP contribution in [-0.4, -0.2) is 9.55 Å². The molecule has 1 fully saturated rings. The van der Waals surface area contributed by atoms with Crippen molar-refractivity contribution in [2.75, 3.05) is 5.73 Å². The molecule has 2 N–H and O–H groups in total. The number of rotatable bonds is 4. The first-order valence-corrected chi connectivity index (χ1v) is 7.29. The van der Waals surface area contributed by atoms with E-state index >= 15 is 0 Å². The molecule has 0 saturated heterocycles. The van der Waals surface area contributed by atoms with E-state index in [2.05, 4.69) is 9.55 Å². The molecular weight excluding hydrogens is 266 g/mol. The number of hydrogen-bond acceptors (Lipinski definition) is 3. The average molecular weight is 280 g/mol. The monoisotopic (exact) mass is 279 g/mol. The quantitative estimate of drug-likeness (QED) is 0.685. The minimum atomic E-state index is 0.659. The lowest BCUT2D eigenvalue weighted by Gasteiger charge is -2.09. The van der Waals surface area contributed by atoms with Crippen LogP contribution in [0.4, 0.5) is 5.69 Å². The molecule has 1 heterocycles. The van der Waals surface area contributed by atoms with Gasteiger partial charge in [-0.2, -0.15) is 0 Å². The van der Waals surface area contributed by atoms with Crippen molar-refractivity contribution < 1.29 is 0 Å². The van der Waals surface area contributed by atoms with Gasteiger partial charge in [-0.1, -0.05) is 17.7 Å². The fourth-order valence-electron chi connectivity index (χ4n) is 1.95. The summed E-state index contributed by atoms with van der Waals surface area (Å²) in [5.41, 5.74) is 7.92. The molecule has 0 spiro atoms. The minimum absolute atomic E-state index is 0.659. The van der Waals surface area contributed by atoms with Crippen molar-refractivity contribution in [3.63, 3.8) is 0 Å². The van der Waals surface area contributed by atoms with E-state index in [1.165, 1.54) is 18.5 Å². The minimum Gasteiger partial charge on any atom is -0.398 e. The Kier molecular flexibility index (Phi) is 3.22. The number of anilines is 1. The third-order valence-corrected chi connectivity index (χ3v) is 4.66. The Labute approximate surface area is 115 Å². The zero-order valence-electron chi connectivity index (χ0n) is 9.84. The Balaban J connectivity index is 1.76. The molecule has 2 aromatic rings. The van der Waals surface area contributed by atoms with Crippen LogP contribution in [0, 0.1) is 0 Å². The van der Waals surface area contributed by atoms with Crippen LogP contribution in [0.1, 0.15) is 24.6 Å². The second-order valence-electron chi connectivity index (χ2n) is 4.47. The lowest BCUT2D eigenvalue weighted by molar-refractivity contribution is 0.714. The molecule has 1 aliphatic rings. The normalized spacial score (nSPS) is 14.9. The number of nitrogens with zero attached hydrogens (tertiary/aromatic N) is 2. The molecule has 1 saturated carbocycles. The van der Waals surface area contributed by atoms with Crippen molar-refractivity contribution in [1.29, 1.82) is 0 Å². The van der Waals surface area contributed by atoms with Crippen molar-refractivity contribution >= 4 is 29.1 Å². The highest BCUT2D eigenvalue weighted by Gasteiger charge is 2.25. The number of imidazole rings is 1. The number of nitrogens with two attached hydrogens (primary N) is 1. The topological polar surface area (TPSA) is 43.8 Å². The smallest absolute Gasteiger partial charge is 0.0951 e. The molecule has 0 aliphatic heterocycles. The van der Waals surface area contributed by atoms with Crippen molar-refractivity contribution in [3.8, 4) is 0 Å². The Morgan fingerprint density at radius 3 is 3.00 bits per heavy atom. The standard InChI is InChI=1S/C13H14ClN3S/c14-11-2-1-3-12(15)13(11)18-7-10-6-16-8-17(10)9-4-5-9/h1-3,6,8-9H,4-5,7,15H2. The first-order chi connectivity index (χ1) is 8.75. The lowest BCUT2D eigenvalue weighted by atomic mass is 10.3. The zero-order chi connectivity index (χ0) is 12.5. The van der Waals surface area contributed by atoms with E-state index in [9.17, 15) is 0 Å². The number of halogens is 1. The highest BCUT2D eigenvalue weighted by molar-refractivity contribution is 7.98. The first kappa shape index (κ1) is 11.9. The Hall–Kier alpha value is -1.13. The van der Waals surface area contributed by atoms with Crippen LogP contribution in [0.15, 0.2) is 35.6 Å². The average Bonchev–Trinajstić information content (AvgIpc) is 3.09. The van der Waals surface area contributed by atoms with Gasteiger partial charge < -0.3 is 10.3 Å². The molecule has 0 atom stereocenters. The molecule has 1 aromatic carbocycles. The summed E-state index contributed by atoms with van der Waals surface area (Å²) < 4.78 is 2.26. The second-order valence-corrected chi connectivity index (χ2v) is 5.86. The summed E-state index contributed by atoms with van der Waals surface area (Å²) in [4.78, 5) is 5.19. The highest BCUT2D eigenvalue weighted by Crippen LogP contribution is 2.38. The molecule has 0 bridgehead atoms. The summed E-state index contributed by atoms with van der Waals surface area (Å²) >= 11 is 7.83. The first-order valence-electron chi connectivity index (χ1n) is 5.93. The van der Waals surface area contributed by atoms with Gasteiger partial charge >= 0.3 is 0 Å². The van der Waals surface area contributed by atoms with E-state index in [4.69, 9.17) is 17.3 Å². The molecule has 94 valence electrons. The van der Waals surface area contributed by atoms with Crippen molar-refractivity contribution in [2.24, 2.45) is 0 Å². The number of nitrogen functional groups attached to an aromatic ring is 1. The van der Waals surface area contributed by atoms with Crippen LogP contribution in [0.2, 0.25) is 5.02 Å². The molecule has 0 radical (unpaired) electrons. The summed E-state index contributed by atoms with van der Waals surface area (Å²) in [6.07, 6.45) is 6.38. The fraction of sp³-hybridized carbons (Fsp3) is 0.308. The number of aromatic nitrogens is 2. The summed E-state index contributed by atoms with van der Waals surface area (Å²) in [5.74, 6) is 0.852. The van der Waals surface area contributed by atoms with E-state index in [0.717, 1.165) is 21.4 Å². The Bertz CT molecular complexity index is 543. The molecule has 1 aromatic heterocycles. The second kappa shape index (κ2) is 4.86. The Morgan fingerprint density at radius 1 is 1.44 bits per heavy atom. The van der Waals surface area contributed by atoms with Crippen molar-refractivity contribution in [2.45, 2.75) is 29.5 Å². The third-order valence-electron chi connectivity index (χ3n) is 3.05. The summed E-state index contributed by atoms with van der Waals surface area (Å²) in [6, 6.07) is 6.28. The molecule has 0 amide bonds. The van der Waals surface area contributed by atoms with Crippen LogP contribution >= 0.6 is 23.4 Å². The van der Waals surface area contributed by atoms with Crippen LogP contribution in [0.3, 0.4) is 0 Å². The largest absolute Gasteiger partial charge is 0.398 e. The summed E-state index contributed by atoms with van der Waals surface area (Å²) in [5, 5.41) is 0.720. The number of benzene rings is 1. The van der Waals surface area contributed by atoms with Crippen molar-refractivity contribution in [3.05, 3.63) is 41.4 Å². The summed E-state index contributed by atoms with van der Waals surface area (Å²) in [7, 11) is 0. The van der Waals surface area contributed by atoms with Gasteiger partial charge in [-0.3, -0.25) is 0 Å². The van der Waals surface area contributed by atoms with Gasteiger partial charge in [0.1, 0.15) is 0 Å². The van der Waals surface area contributed by atoms with Gasteiger partial charge in [-0.15, -0.1) is 11.8 Å². The zero-order valence-corrected chi connectivity index (χ0v) is 11.4. The lowest BCUT2D eigenvalue weighted by Crippen LogP contribution is -1.97. The molecule has 0 unspecified atom stereocenters. The maximum Gasteiger partial charge on any atom is 0.0951 e. The van der Waals surface area contributed by atoms with Gasteiger partial charge in [-0.25, -0.2) is 4.98 Å². The Morgan fingerprint density at radius 2 is 2.28 bits per heavy atom. The van der Waals surface area contributed by atoms with Gasteiger partial charge in [0.15, 0.2) is 0 Å². The summed E-state index contributed by atoms with van der Waals surface area (Å²) in [6.45, 7) is 0. The van der Waals surface area contributed by atoms with E-state index in [1.807, 2.05) is 30.7 Å². The van der Waals surface area contributed by atoms with E-state index < -0.39 is 0 Å². The third kappa shape index (κ3) is 2.35. The van der Waals surface area contributed by atoms with Gasteiger partial charge in [-0.05, 0) is 25.0 Å². The number of hydrogen-bond donors (Lipinski definition) is 1. The molecule has 3 rings (SSSR count). The molecular formula is C13H14ClN3S. The van der Waals surface area contributed by atoms with Gasteiger partial charge in [0.2, 0.25) is 0 Å². The van der Waals surface area contributed by atoms with Gasteiger partial charge in [0, 0.05) is 34.3 Å². The van der Waals surface area contributed by atoms with Gasteiger partial charge in [0.05, 0.1) is 11.3 Å². The molecule has 18 heavy (non-hydrogen) atoms. The SMILES string of the molecule is Nc1cccc(Cl)c1SCc1cncn1C1CC1. The van der Waals surface area contributed by atoms with Crippen LogP contribution in [-0.2, 0) is 5.75 Å². The van der Waals surface area contributed by atoms with Crippen LogP contribution in [0.25, 0.3) is 0 Å². The van der Waals surface area contributed by atoms with Crippen molar-refractivity contribution in [1.82, 2.24) is 9.55 Å². The maximum atomic E-state index is 6.16. The predicted molar refractivity (Wildman–Crippen MR) is 75.9 cm³/mol. The van der Waals surface area contributed by atoms with E-state index in [1.54, 1.807) is 11.8 Å². The number of thioether (sulfide) groups is 1. The molecule has 5 heteroatoms. The van der Waals surface area contributed by atoms with E-state index in [0.29, 0.717) is 6.04 Å². The fourth-order valence-corrected chi connectivity index (χ4v) is 3.25. The molecule has 1 aliphatic carbocycles. The highest BCUT2D eigenvalue weighted by atomic mass is 35.5. The van der Waals surface area contributed by atoms with E-state index in [-0.39, 0.29) is 0 Å². The van der Waals surface area contributed by atoms with Crippen LogP contribution < -0.4 is 5.73 Å². The molecule has 3 nitrogen and oxygen atoms in total. The van der Waals surface area contributed by atoms with Crippen LogP contribution in [0.5, 0.6) is 0 Å². The van der Waals surface area contributed by atoms with Gasteiger partial charge in [0.25, 0.3) is 0 Å². The maximum absolute atomic E-state index is 6.16.